The van der Waals surface area contributed by atoms with Crippen molar-refractivity contribution in [3.05, 3.63) is 97.1 Å². The summed E-state index contributed by atoms with van der Waals surface area (Å²) in [5.41, 5.74) is 1.86. The molecule has 0 aliphatic heterocycles. The minimum atomic E-state index is -0.500. The predicted octanol–water partition coefficient (Wildman–Crippen LogP) is 11.1. The van der Waals surface area contributed by atoms with Crippen LogP contribution in [0.3, 0.4) is 0 Å². The zero-order valence-electron chi connectivity index (χ0n) is 25.7. The number of benzene rings is 2. The van der Waals surface area contributed by atoms with Gasteiger partial charge in [0, 0.05) is 10.6 Å². The average molecular weight is 563 g/mol. The third-order valence-corrected chi connectivity index (χ3v) is 12.9. The van der Waals surface area contributed by atoms with E-state index in [0.717, 1.165) is 37.2 Å². The molecule has 0 saturated heterocycles. The van der Waals surface area contributed by atoms with E-state index in [2.05, 4.69) is 153 Å². The Kier molecular flexibility index (Phi) is 15.7. The summed E-state index contributed by atoms with van der Waals surface area (Å²) in [6, 6.07) is 17.6. The van der Waals surface area contributed by atoms with E-state index in [0.29, 0.717) is 22.6 Å². The summed E-state index contributed by atoms with van der Waals surface area (Å²) in [5, 5.41) is 2.71. The van der Waals surface area contributed by atoms with E-state index in [4.69, 9.17) is 4.74 Å². The molecular weight excluding hydrogens is 510 g/mol. The van der Waals surface area contributed by atoms with Crippen molar-refractivity contribution in [2.45, 2.75) is 104 Å². The van der Waals surface area contributed by atoms with Crippen molar-refractivity contribution in [1.29, 1.82) is 0 Å². The molecule has 0 bridgehead atoms. The number of para-hydroxylation sites is 2. The van der Waals surface area contributed by atoms with Crippen molar-refractivity contribution < 1.29 is 4.74 Å². The molecule has 0 radical (unpaired) electrons. The van der Waals surface area contributed by atoms with Gasteiger partial charge in [-0.3, -0.25) is 0 Å². The highest BCUT2D eigenvalue weighted by Gasteiger charge is 2.28. The van der Waals surface area contributed by atoms with E-state index in [1.165, 1.54) is 10.6 Å². The van der Waals surface area contributed by atoms with Gasteiger partial charge in [0.15, 0.2) is 0 Å². The summed E-state index contributed by atoms with van der Waals surface area (Å²) < 4.78 is 6.96. The quantitative estimate of drug-likeness (QED) is 0.146. The Hall–Kier alpha value is -1.94. The van der Waals surface area contributed by atoms with Crippen molar-refractivity contribution in [2.75, 3.05) is 0 Å². The van der Waals surface area contributed by atoms with Crippen LogP contribution in [-0.4, -0.2) is 22.6 Å². The van der Waals surface area contributed by atoms with Gasteiger partial charge in [-0.2, -0.15) is 0 Å². The maximum absolute atomic E-state index is 6.96. The van der Waals surface area contributed by atoms with Gasteiger partial charge in [-0.1, -0.05) is 156 Å². The summed E-state index contributed by atoms with van der Waals surface area (Å²) >= 11 is 0. The summed E-state index contributed by atoms with van der Waals surface area (Å²) in [7, 11) is -1.000. The second-order valence-corrected chi connectivity index (χ2v) is 16.0. The van der Waals surface area contributed by atoms with Gasteiger partial charge < -0.3 is 4.74 Å². The summed E-state index contributed by atoms with van der Waals surface area (Å²) in [6.45, 7) is 18.4. The molecule has 0 aliphatic carbocycles. The minimum absolute atomic E-state index is 0.465. The largest absolute Gasteiger partial charge is 0.456 e. The first-order valence-corrected chi connectivity index (χ1v) is 17.9. The Bertz CT molecular complexity index is 957. The Morgan fingerprint density at radius 2 is 0.795 bits per heavy atom. The fourth-order valence-electron chi connectivity index (χ4n) is 4.95. The Labute approximate surface area is 243 Å². The van der Waals surface area contributed by atoms with Gasteiger partial charge in [-0.25, -0.2) is 0 Å². The molecule has 2 rings (SSSR count). The fraction of sp³-hybridized carbons (Fsp3) is 0.444. The monoisotopic (exact) mass is 562 g/mol. The zero-order chi connectivity index (χ0) is 28.6. The van der Waals surface area contributed by atoms with E-state index in [9.17, 15) is 0 Å². The summed E-state index contributed by atoms with van der Waals surface area (Å²) in [5.74, 6) is 2.01. The molecule has 3 heteroatoms. The second kappa shape index (κ2) is 18.4. The van der Waals surface area contributed by atoms with E-state index < -0.39 is 15.8 Å². The van der Waals surface area contributed by atoms with Gasteiger partial charge in [0.1, 0.15) is 11.5 Å². The third kappa shape index (κ3) is 10.2. The van der Waals surface area contributed by atoms with Crippen LogP contribution in [-0.2, 0) is 0 Å². The maximum atomic E-state index is 6.96. The SMILES string of the molecule is CCC=CC(C)P(c1ccccc1Oc1ccccc1P(C(C)C=CCC)C(C)C=CCC)C(C)C=CCC. The Balaban J connectivity index is 2.60. The fourth-order valence-corrected chi connectivity index (χ4v) is 10.7. The van der Waals surface area contributed by atoms with Gasteiger partial charge in [0.25, 0.3) is 0 Å². The van der Waals surface area contributed by atoms with E-state index >= 15 is 0 Å². The third-order valence-electron chi connectivity index (χ3n) is 6.86. The highest BCUT2D eigenvalue weighted by molar-refractivity contribution is 7.68. The number of hydrogen-bond acceptors (Lipinski definition) is 1. The van der Waals surface area contributed by atoms with Crippen LogP contribution in [0.2, 0.25) is 0 Å². The van der Waals surface area contributed by atoms with Crippen molar-refractivity contribution in [3.8, 4) is 11.5 Å². The molecule has 4 atom stereocenters. The van der Waals surface area contributed by atoms with Gasteiger partial charge in [-0.05, 0) is 60.5 Å². The molecule has 0 heterocycles. The first kappa shape index (κ1) is 33.3. The van der Waals surface area contributed by atoms with Crippen LogP contribution < -0.4 is 15.3 Å². The van der Waals surface area contributed by atoms with Crippen molar-refractivity contribution in [1.82, 2.24) is 0 Å². The Morgan fingerprint density at radius 3 is 1.08 bits per heavy atom. The normalized spacial score (nSPS) is 17.1. The lowest BCUT2D eigenvalue weighted by Gasteiger charge is -2.31. The van der Waals surface area contributed by atoms with Gasteiger partial charge in [0.2, 0.25) is 0 Å². The highest BCUT2D eigenvalue weighted by atomic mass is 31.1. The predicted molar refractivity (Wildman–Crippen MR) is 182 cm³/mol. The number of hydrogen-bond donors (Lipinski definition) is 0. The number of allylic oxidation sites excluding steroid dienone is 8. The molecule has 0 spiro atoms. The van der Waals surface area contributed by atoms with Gasteiger partial charge in [0.05, 0.1) is 0 Å². The van der Waals surface area contributed by atoms with Crippen LogP contribution in [0.15, 0.2) is 97.1 Å². The van der Waals surface area contributed by atoms with Crippen LogP contribution in [0.25, 0.3) is 0 Å². The smallest absolute Gasteiger partial charge is 0.135 e. The molecule has 0 N–H and O–H groups in total. The molecule has 0 saturated carbocycles. The molecule has 0 amide bonds. The van der Waals surface area contributed by atoms with Crippen molar-refractivity contribution in [2.24, 2.45) is 0 Å². The lowest BCUT2D eigenvalue weighted by Crippen LogP contribution is -2.21. The first-order chi connectivity index (χ1) is 18.9. The first-order valence-electron chi connectivity index (χ1n) is 15.0. The van der Waals surface area contributed by atoms with Gasteiger partial charge in [-0.15, -0.1) is 0 Å². The van der Waals surface area contributed by atoms with Crippen molar-refractivity contribution in [3.63, 3.8) is 0 Å². The van der Waals surface area contributed by atoms with E-state index in [1.54, 1.807) is 0 Å². The Morgan fingerprint density at radius 1 is 0.513 bits per heavy atom. The molecule has 0 aliphatic rings. The van der Waals surface area contributed by atoms with Crippen LogP contribution in [0.5, 0.6) is 11.5 Å². The van der Waals surface area contributed by atoms with Gasteiger partial charge >= 0.3 is 0 Å². The van der Waals surface area contributed by atoms with Crippen LogP contribution >= 0.6 is 15.8 Å². The zero-order valence-corrected chi connectivity index (χ0v) is 27.5. The van der Waals surface area contributed by atoms with Crippen LogP contribution in [0, 0.1) is 0 Å². The summed E-state index contributed by atoms with van der Waals surface area (Å²) in [6.07, 6.45) is 23.2. The molecule has 1 nitrogen and oxygen atoms in total. The molecule has 4 unspecified atom stereocenters. The summed E-state index contributed by atoms with van der Waals surface area (Å²) in [4.78, 5) is 0. The number of rotatable bonds is 16. The molecule has 0 aromatic heterocycles. The van der Waals surface area contributed by atoms with Crippen molar-refractivity contribution >= 4 is 26.5 Å². The topological polar surface area (TPSA) is 9.23 Å². The van der Waals surface area contributed by atoms with E-state index in [-0.39, 0.29) is 0 Å². The lowest BCUT2D eigenvalue weighted by atomic mass is 10.3. The second-order valence-electron chi connectivity index (χ2n) is 10.2. The molecular formula is C36H52OP2. The minimum Gasteiger partial charge on any atom is -0.456 e. The molecule has 39 heavy (non-hydrogen) atoms. The number of ether oxygens (including phenoxy) is 1. The standard InChI is InChI=1S/C36H52OP2/c1-9-13-21-29(5)38(30(6)22-14-10-2)35-27-19-17-25-33(35)37-34-26-18-20-28-36(34)39(31(7)23-15-11-3)32(8)24-16-12-4/h13-32H,9-12H2,1-8H3. The van der Waals surface area contributed by atoms with Crippen LogP contribution in [0.4, 0.5) is 0 Å². The molecule has 212 valence electrons. The maximum Gasteiger partial charge on any atom is 0.135 e. The molecule has 0 fully saturated rings. The lowest BCUT2D eigenvalue weighted by molar-refractivity contribution is 0.490. The average Bonchev–Trinajstić information content (AvgIpc) is 2.94. The van der Waals surface area contributed by atoms with E-state index in [1.807, 2.05) is 0 Å². The highest BCUT2D eigenvalue weighted by Crippen LogP contribution is 2.51. The van der Waals surface area contributed by atoms with Crippen LogP contribution in [0.1, 0.15) is 81.1 Å². The molecule has 2 aromatic rings. The molecule has 2 aromatic carbocycles.